The van der Waals surface area contributed by atoms with Gasteiger partial charge in [-0.25, -0.2) is 4.79 Å². The Morgan fingerprint density at radius 1 is 1.37 bits per heavy atom. The third-order valence-electron chi connectivity index (χ3n) is 3.23. The monoisotopic (exact) mass is 283 g/mol. The Bertz CT molecular complexity index is 416. The molecular formula is C14H22ClN3O. The standard InChI is InChI=1S/C14H21N3O.ClH/c1-14(2,15)9-8-12-10-16-13(18)17(12)11-6-4-3-5-7-11;/h3-7,12H,8-10,15H2,1-2H3,(H,16,18);1H. The maximum atomic E-state index is 11.9. The molecule has 19 heavy (non-hydrogen) atoms. The van der Waals surface area contributed by atoms with Gasteiger partial charge in [-0.2, -0.15) is 0 Å². The van der Waals surface area contributed by atoms with E-state index in [2.05, 4.69) is 5.32 Å². The third-order valence-corrected chi connectivity index (χ3v) is 3.23. The predicted molar refractivity (Wildman–Crippen MR) is 80.9 cm³/mol. The Labute approximate surface area is 120 Å². The average molecular weight is 284 g/mol. The van der Waals surface area contributed by atoms with E-state index < -0.39 is 0 Å². The third kappa shape index (κ3) is 4.11. The molecule has 1 heterocycles. The summed E-state index contributed by atoms with van der Waals surface area (Å²) in [5.74, 6) is 0. The van der Waals surface area contributed by atoms with Gasteiger partial charge in [0, 0.05) is 17.8 Å². The molecule has 5 heteroatoms. The van der Waals surface area contributed by atoms with E-state index in [1.807, 2.05) is 49.1 Å². The number of nitrogens with two attached hydrogens (primary N) is 1. The number of nitrogens with one attached hydrogen (secondary N) is 1. The van der Waals surface area contributed by atoms with Gasteiger partial charge in [-0.15, -0.1) is 12.4 Å². The van der Waals surface area contributed by atoms with Crippen LogP contribution in [0.3, 0.4) is 0 Å². The highest BCUT2D eigenvalue weighted by Crippen LogP contribution is 2.24. The number of rotatable bonds is 4. The van der Waals surface area contributed by atoms with Crippen LogP contribution in [-0.4, -0.2) is 24.2 Å². The molecule has 1 aliphatic heterocycles. The van der Waals surface area contributed by atoms with Crippen molar-refractivity contribution in [3.8, 4) is 0 Å². The normalized spacial score (nSPS) is 19.0. The second-order valence-corrected chi connectivity index (χ2v) is 5.57. The first-order chi connectivity index (χ1) is 8.47. The molecule has 1 aromatic carbocycles. The highest BCUT2D eigenvalue weighted by atomic mass is 35.5. The minimum absolute atomic E-state index is 0. The minimum Gasteiger partial charge on any atom is -0.336 e. The zero-order valence-electron chi connectivity index (χ0n) is 11.4. The highest BCUT2D eigenvalue weighted by molar-refractivity contribution is 5.94. The van der Waals surface area contributed by atoms with Crippen molar-refractivity contribution < 1.29 is 4.79 Å². The summed E-state index contributed by atoms with van der Waals surface area (Å²) in [5, 5.41) is 2.90. The van der Waals surface area contributed by atoms with Crippen LogP contribution >= 0.6 is 12.4 Å². The Morgan fingerprint density at radius 2 is 2.00 bits per heavy atom. The Kier molecular flexibility index (Phi) is 5.20. The summed E-state index contributed by atoms with van der Waals surface area (Å²) in [5.41, 5.74) is 6.77. The van der Waals surface area contributed by atoms with Gasteiger partial charge in [-0.05, 0) is 38.8 Å². The Hall–Kier alpha value is -1.26. The van der Waals surface area contributed by atoms with E-state index in [0.717, 1.165) is 18.5 Å². The van der Waals surface area contributed by atoms with E-state index in [9.17, 15) is 4.79 Å². The molecule has 2 amide bonds. The van der Waals surface area contributed by atoms with Gasteiger partial charge >= 0.3 is 6.03 Å². The molecule has 2 rings (SSSR count). The van der Waals surface area contributed by atoms with Crippen molar-refractivity contribution in [2.75, 3.05) is 11.4 Å². The molecule has 1 saturated heterocycles. The molecule has 0 spiro atoms. The van der Waals surface area contributed by atoms with Crippen LogP contribution in [0.4, 0.5) is 10.5 Å². The van der Waals surface area contributed by atoms with Gasteiger partial charge in [0.1, 0.15) is 0 Å². The van der Waals surface area contributed by atoms with Gasteiger partial charge in [0.25, 0.3) is 0 Å². The average Bonchev–Trinajstić information content (AvgIpc) is 2.68. The van der Waals surface area contributed by atoms with Crippen LogP contribution < -0.4 is 16.0 Å². The summed E-state index contributed by atoms with van der Waals surface area (Å²) >= 11 is 0. The van der Waals surface area contributed by atoms with Gasteiger partial charge in [-0.3, -0.25) is 4.90 Å². The zero-order valence-corrected chi connectivity index (χ0v) is 12.2. The lowest BCUT2D eigenvalue weighted by Crippen LogP contribution is -2.38. The van der Waals surface area contributed by atoms with Gasteiger partial charge in [0.05, 0.1) is 6.04 Å². The lowest BCUT2D eigenvalue weighted by molar-refractivity contribution is 0.251. The lowest BCUT2D eigenvalue weighted by Gasteiger charge is -2.26. The molecule has 1 aliphatic rings. The summed E-state index contributed by atoms with van der Waals surface area (Å²) in [7, 11) is 0. The SMILES string of the molecule is CC(C)(N)CCC1CNC(=O)N1c1ccccc1.Cl. The van der Waals surface area contributed by atoms with E-state index >= 15 is 0 Å². The highest BCUT2D eigenvalue weighted by Gasteiger charge is 2.32. The molecular weight excluding hydrogens is 262 g/mol. The number of carbonyl (C=O) groups excluding carboxylic acids is 1. The van der Waals surface area contributed by atoms with E-state index in [4.69, 9.17) is 5.73 Å². The predicted octanol–water partition coefficient (Wildman–Crippen LogP) is 2.52. The van der Waals surface area contributed by atoms with Crippen LogP contribution in [0.5, 0.6) is 0 Å². The molecule has 1 unspecified atom stereocenters. The summed E-state index contributed by atoms with van der Waals surface area (Å²) < 4.78 is 0. The number of nitrogens with zero attached hydrogens (tertiary/aromatic N) is 1. The molecule has 0 bridgehead atoms. The lowest BCUT2D eigenvalue weighted by atomic mass is 9.96. The number of hydrogen-bond donors (Lipinski definition) is 2. The first-order valence-corrected chi connectivity index (χ1v) is 6.38. The van der Waals surface area contributed by atoms with Crippen LogP contribution in [0, 0.1) is 0 Å². The molecule has 1 aromatic rings. The van der Waals surface area contributed by atoms with Crippen molar-refractivity contribution in [2.45, 2.75) is 38.3 Å². The fourth-order valence-corrected chi connectivity index (χ4v) is 2.23. The van der Waals surface area contributed by atoms with E-state index in [-0.39, 0.29) is 30.0 Å². The topological polar surface area (TPSA) is 58.4 Å². The molecule has 4 nitrogen and oxygen atoms in total. The van der Waals surface area contributed by atoms with Crippen molar-refractivity contribution in [2.24, 2.45) is 5.73 Å². The van der Waals surface area contributed by atoms with Crippen LogP contribution in [-0.2, 0) is 0 Å². The van der Waals surface area contributed by atoms with Gasteiger partial charge in [-0.1, -0.05) is 18.2 Å². The molecule has 0 aliphatic carbocycles. The number of carbonyl (C=O) groups is 1. The van der Waals surface area contributed by atoms with E-state index in [1.54, 1.807) is 0 Å². The van der Waals surface area contributed by atoms with E-state index in [1.165, 1.54) is 0 Å². The largest absolute Gasteiger partial charge is 0.336 e. The van der Waals surface area contributed by atoms with Crippen molar-refractivity contribution in [3.05, 3.63) is 30.3 Å². The molecule has 1 atom stereocenters. The molecule has 1 fully saturated rings. The van der Waals surface area contributed by atoms with Gasteiger partial charge < -0.3 is 11.1 Å². The number of urea groups is 1. The number of anilines is 1. The number of para-hydroxylation sites is 1. The number of benzene rings is 1. The number of amides is 2. The van der Waals surface area contributed by atoms with Crippen LogP contribution in [0.15, 0.2) is 30.3 Å². The van der Waals surface area contributed by atoms with Crippen molar-refractivity contribution in [1.82, 2.24) is 5.32 Å². The smallest absolute Gasteiger partial charge is 0.322 e. The molecule has 106 valence electrons. The number of hydrogen-bond acceptors (Lipinski definition) is 2. The summed E-state index contributed by atoms with van der Waals surface area (Å²) in [4.78, 5) is 13.7. The second-order valence-electron chi connectivity index (χ2n) is 5.57. The zero-order chi connectivity index (χ0) is 13.2. The van der Waals surface area contributed by atoms with Gasteiger partial charge in [0.2, 0.25) is 0 Å². The molecule has 0 saturated carbocycles. The van der Waals surface area contributed by atoms with Crippen molar-refractivity contribution in [1.29, 1.82) is 0 Å². The fraction of sp³-hybridized carbons (Fsp3) is 0.500. The molecule has 3 N–H and O–H groups in total. The number of halogens is 1. The molecule has 0 radical (unpaired) electrons. The van der Waals surface area contributed by atoms with Gasteiger partial charge in [0.15, 0.2) is 0 Å². The maximum absolute atomic E-state index is 11.9. The first kappa shape index (κ1) is 15.8. The quantitative estimate of drug-likeness (QED) is 0.892. The minimum atomic E-state index is -0.187. The van der Waals surface area contributed by atoms with Crippen molar-refractivity contribution in [3.63, 3.8) is 0 Å². The Morgan fingerprint density at radius 3 is 2.58 bits per heavy atom. The van der Waals surface area contributed by atoms with Crippen molar-refractivity contribution >= 4 is 24.1 Å². The van der Waals surface area contributed by atoms with Crippen LogP contribution in [0.1, 0.15) is 26.7 Å². The second kappa shape index (κ2) is 6.26. The van der Waals surface area contributed by atoms with E-state index in [0.29, 0.717) is 6.54 Å². The van der Waals surface area contributed by atoms with Crippen LogP contribution in [0.2, 0.25) is 0 Å². The first-order valence-electron chi connectivity index (χ1n) is 6.38. The summed E-state index contributed by atoms with van der Waals surface area (Å²) in [6, 6.07) is 9.96. The fourth-order valence-electron chi connectivity index (χ4n) is 2.23. The van der Waals surface area contributed by atoms with Crippen LogP contribution in [0.25, 0.3) is 0 Å². The summed E-state index contributed by atoms with van der Waals surface area (Å²) in [6.07, 6.45) is 1.81. The summed E-state index contributed by atoms with van der Waals surface area (Å²) in [6.45, 7) is 4.73. The molecule has 0 aromatic heterocycles. The Balaban J connectivity index is 0.00000180. The maximum Gasteiger partial charge on any atom is 0.322 e.